The highest BCUT2D eigenvalue weighted by Gasteiger charge is 2.22. The fraction of sp³-hybridized carbons (Fsp3) is 0.500. The SMILES string of the molecule is Cc1ccc(-c2nc(SCC(=O)N[C@H]3CCCC[C@@H]3C)n[nH]2)cc1. The molecule has 128 valence electrons. The smallest absolute Gasteiger partial charge is 0.230 e. The number of carbonyl (C=O) groups is 1. The predicted octanol–water partition coefficient (Wildman–Crippen LogP) is 3.57. The molecule has 2 atom stereocenters. The molecule has 1 aromatic carbocycles. The second-order valence-corrected chi connectivity index (χ2v) is 7.50. The summed E-state index contributed by atoms with van der Waals surface area (Å²) in [6.45, 7) is 4.28. The lowest BCUT2D eigenvalue weighted by Gasteiger charge is -2.29. The Morgan fingerprint density at radius 1 is 1.29 bits per heavy atom. The number of carbonyl (C=O) groups excluding carboxylic acids is 1. The lowest BCUT2D eigenvalue weighted by Crippen LogP contribution is -2.41. The molecule has 0 spiro atoms. The molecular weight excluding hydrogens is 320 g/mol. The molecule has 1 aliphatic rings. The van der Waals surface area contributed by atoms with Crippen LogP contribution in [0.4, 0.5) is 0 Å². The number of hydrogen-bond acceptors (Lipinski definition) is 4. The van der Waals surface area contributed by atoms with Crippen molar-refractivity contribution < 1.29 is 4.79 Å². The number of amides is 1. The third-order valence-corrected chi connectivity index (χ3v) is 5.43. The van der Waals surface area contributed by atoms with E-state index in [1.807, 2.05) is 24.3 Å². The van der Waals surface area contributed by atoms with E-state index in [-0.39, 0.29) is 5.91 Å². The molecule has 0 unspecified atom stereocenters. The summed E-state index contributed by atoms with van der Waals surface area (Å²) in [5.41, 5.74) is 2.21. The molecule has 5 nitrogen and oxygen atoms in total. The van der Waals surface area contributed by atoms with Crippen LogP contribution in [0.5, 0.6) is 0 Å². The maximum absolute atomic E-state index is 12.1. The Hall–Kier alpha value is -1.82. The number of thioether (sulfide) groups is 1. The lowest BCUT2D eigenvalue weighted by atomic mass is 9.86. The van der Waals surface area contributed by atoms with Gasteiger partial charge in [-0.05, 0) is 25.7 Å². The van der Waals surface area contributed by atoms with Crippen LogP contribution in [-0.2, 0) is 4.79 Å². The number of hydrogen-bond donors (Lipinski definition) is 2. The van der Waals surface area contributed by atoms with Crippen molar-refractivity contribution in [2.24, 2.45) is 5.92 Å². The zero-order valence-corrected chi connectivity index (χ0v) is 15.0. The van der Waals surface area contributed by atoms with Crippen LogP contribution in [0.2, 0.25) is 0 Å². The van der Waals surface area contributed by atoms with Gasteiger partial charge in [0.2, 0.25) is 11.1 Å². The quantitative estimate of drug-likeness (QED) is 0.814. The zero-order valence-electron chi connectivity index (χ0n) is 14.2. The van der Waals surface area contributed by atoms with Gasteiger partial charge in [0.15, 0.2) is 5.82 Å². The van der Waals surface area contributed by atoms with Gasteiger partial charge in [0.1, 0.15) is 0 Å². The summed E-state index contributed by atoms with van der Waals surface area (Å²) < 4.78 is 0. The van der Waals surface area contributed by atoms with Gasteiger partial charge in [-0.3, -0.25) is 9.89 Å². The first-order valence-electron chi connectivity index (χ1n) is 8.53. The highest BCUT2D eigenvalue weighted by molar-refractivity contribution is 7.99. The van der Waals surface area contributed by atoms with Gasteiger partial charge in [0.05, 0.1) is 5.75 Å². The zero-order chi connectivity index (χ0) is 16.9. The molecule has 1 aliphatic carbocycles. The molecule has 3 rings (SSSR count). The second-order valence-electron chi connectivity index (χ2n) is 6.56. The number of nitrogens with one attached hydrogen (secondary N) is 2. The van der Waals surface area contributed by atoms with E-state index in [0.717, 1.165) is 17.8 Å². The van der Waals surface area contributed by atoms with Crippen LogP contribution in [0, 0.1) is 12.8 Å². The van der Waals surface area contributed by atoms with Crippen LogP contribution in [0.1, 0.15) is 38.2 Å². The Labute approximate surface area is 147 Å². The maximum atomic E-state index is 12.1. The molecule has 1 saturated carbocycles. The highest BCUT2D eigenvalue weighted by atomic mass is 32.2. The summed E-state index contributed by atoms with van der Waals surface area (Å²) in [4.78, 5) is 16.6. The van der Waals surface area contributed by atoms with Crippen molar-refractivity contribution in [3.05, 3.63) is 29.8 Å². The molecule has 6 heteroatoms. The Morgan fingerprint density at radius 3 is 2.79 bits per heavy atom. The van der Waals surface area contributed by atoms with Crippen molar-refractivity contribution in [2.75, 3.05) is 5.75 Å². The molecule has 2 aromatic rings. The molecule has 1 fully saturated rings. The van der Waals surface area contributed by atoms with Gasteiger partial charge < -0.3 is 5.32 Å². The predicted molar refractivity (Wildman–Crippen MR) is 96.8 cm³/mol. The maximum Gasteiger partial charge on any atom is 0.230 e. The van der Waals surface area contributed by atoms with Gasteiger partial charge in [0.25, 0.3) is 0 Å². The normalized spacial score (nSPS) is 20.8. The van der Waals surface area contributed by atoms with Crippen molar-refractivity contribution in [3.8, 4) is 11.4 Å². The van der Waals surface area contributed by atoms with Crippen LogP contribution < -0.4 is 5.32 Å². The van der Waals surface area contributed by atoms with Crippen LogP contribution in [0.3, 0.4) is 0 Å². The summed E-state index contributed by atoms with van der Waals surface area (Å²) in [5.74, 6) is 1.73. The van der Waals surface area contributed by atoms with E-state index in [0.29, 0.717) is 22.9 Å². The molecule has 0 radical (unpaired) electrons. The Morgan fingerprint density at radius 2 is 2.04 bits per heavy atom. The summed E-state index contributed by atoms with van der Waals surface area (Å²) >= 11 is 1.37. The molecule has 24 heavy (non-hydrogen) atoms. The van der Waals surface area contributed by atoms with E-state index in [1.54, 1.807) is 0 Å². The Bertz CT molecular complexity index is 683. The Balaban J connectivity index is 1.51. The molecule has 1 heterocycles. The van der Waals surface area contributed by atoms with E-state index < -0.39 is 0 Å². The molecule has 1 aromatic heterocycles. The number of aryl methyl sites for hydroxylation is 1. The van der Waals surface area contributed by atoms with E-state index in [2.05, 4.69) is 34.3 Å². The summed E-state index contributed by atoms with van der Waals surface area (Å²) in [6, 6.07) is 8.44. The molecule has 0 bridgehead atoms. The Kier molecular flexibility index (Phi) is 5.56. The number of aromatic amines is 1. The summed E-state index contributed by atoms with van der Waals surface area (Å²) in [6.07, 6.45) is 4.79. The minimum absolute atomic E-state index is 0.0698. The largest absolute Gasteiger partial charge is 0.352 e. The van der Waals surface area contributed by atoms with Crippen LogP contribution in [-0.4, -0.2) is 32.9 Å². The van der Waals surface area contributed by atoms with Gasteiger partial charge in [0, 0.05) is 11.6 Å². The third-order valence-electron chi connectivity index (χ3n) is 4.58. The van der Waals surface area contributed by atoms with Crippen molar-refractivity contribution in [1.29, 1.82) is 0 Å². The molecule has 0 aliphatic heterocycles. The monoisotopic (exact) mass is 344 g/mol. The van der Waals surface area contributed by atoms with Gasteiger partial charge in [-0.15, -0.1) is 5.10 Å². The van der Waals surface area contributed by atoms with Gasteiger partial charge in [-0.2, -0.15) is 0 Å². The number of aromatic nitrogens is 3. The first-order valence-corrected chi connectivity index (χ1v) is 9.52. The van der Waals surface area contributed by atoms with Crippen molar-refractivity contribution in [3.63, 3.8) is 0 Å². The highest BCUT2D eigenvalue weighted by Crippen LogP contribution is 2.24. The summed E-state index contributed by atoms with van der Waals surface area (Å²) in [5, 5.41) is 10.9. The van der Waals surface area contributed by atoms with E-state index in [1.165, 1.54) is 36.6 Å². The first kappa shape index (κ1) is 17.0. The molecule has 1 amide bonds. The fourth-order valence-corrected chi connectivity index (χ4v) is 3.67. The van der Waals surface area contributed by atoms with Gasteiger partial charge in [-0.25, -0.2) is 4.98 Å². The first-order chi connectivity index (χ1) is 11.6. The minimum atomic E-state index is 0.0698. The minimum Gasteiger partial charge on any atom is -0.352 e. The van der Waals surface area contributed by atoms with Gasteiger partial charge in [-0.1, -0.05) is 61.4 Å². The summed E-state index contributed by atoms with van der Waals surface area (Å²) in [7, 11) is 0. The van der Waals surface area contributed by atoms with Crippen molar-refractivity contribution >= 4 is 17.7 Å². The van der Waals surface area contributed by atoms with E-state index >= 15 is 0 Å². The second kappa shape index (κ2) is 7.83. The van der Waals surface area contributed by atoms with Crippen LogP contribution in [0.25, 0.3) is 11.4 Å². The number of benzene rings is 1. The van der Waals surface area contributed by atoms with Crippen LogP contribution >= 0.6 is 11.8 Å². The molecule has 0 saturated heterocycles. The fourth-order valence-electron chi connectivity index (χ4n) is 3.06. The molecule has 2 N–H and O–H groups in total. The lowest BCUT2D eigenvalue weighted by molar-refractivity contribution is -0.119. The average molecular weight is 344 g/mol. The average Bonchev–Trinajstić information content (AvgIpc) is 3.05. The number of H-pyrrole nitrogens is 1. The topological polar surface area (TPSA) is 70.7 Å². The number of nitrogens with zero attached hydrogens (tertiary/aromatic N) is 2. The standard InChI is InChI=1S/C18H24N4OS/c1-12-7-9-14(10-8-12)17-20-18(22-21-17)24-11-16(23)19-15-6-4-3-5-13(15)2/h7-10,13,15H,3-6,11H2,1-2H3,(H,19,23)(H,20,21,22)/t13-,15-/m0/s1. The van der Waals surface area contributed by atoms with Crippen LogP contribution in [0.15, 0.2) is 29.4 Å². The van der Waals surface area contributed by atoms with Gasteiger partial charge >= 0.3 is 0 Å². The van der Waals surface area contributed by atoms with Crippen molar-refractivity contribution in [1.82, 2.24) is 20.5 Å². The third kappa shape index (κ3) is 4.38. The number of rotatable bonds is 5. The molecular formula is C18H24N4OS. The van der Waals surface area contributed by atoms with Crippen molar-refractivity contribution in [2.45, 2.75) is 50.7 Å². The van der Waals surface area contributed by atoms with E-state index in [4.69, 9.17) is 0 Å². The van der Waals surface area contributed by atoms with E-state index in [9.17, 15) is 4.79 Å².